The first kappa shape index (κ1) is 9.71. The number of aliphatic hydroxyl groups is 2. The number of benzene rings is 1. The summed E-state index contributed by atoms with van der Waals surface area (Å²) in [6.07, 6.45) is -1.52. The summed E-state index contributed by atoms with van der Waals surface area (Å²) in [7, 11) is 0. The molecule has 2 N–H and O–H groups in total. The molecule has 2 atom stereocenters. The summed E-state index contributed by atoms with van der Waals surface area (Å²) < 4.78 is 0.962. The van der Waals surface area contributed by atoms with E-state index in [2.05, 4.69) is 15.9 Å². The molecular formula is C9H11BrO2. The van der Waals surface area contributed by atoms with Crippen LogP contribution in [0.5, 0.6) is 0 Å². The van der Waals surface area contributed by atoms with Crippen LogP contribution < -0.4 is 0 Å². The second-order valence-electron chi connectivity index (χ2n) is 2.74. The average Bonchev–Trinajstić information content (AvgIpc) is 2.04. The van der Waals surface area contributed by atoms with Crippen LogP contribution in [0.15, 0.2) is 28.7 Å². The fourth-order valence-corrected chi connectivity index (χ4v) is 1.20. The first-order valence-electron chi connectivity index (χ1n) is 3.73. The van der Waals surface area contributed by atoms with Crippen molar-refractivity contribution in [3.05, 3.63) is 34.3 Å². The standard InChI is InChI=1S/C9H11BrO2/c1-6(11)9(12)7-2-4-8(10)5-3-7/h2-6,9,11-12H,1H3. The van der Waals surface area contributed by atoms with Gasteiger partial charge in [-0.3, -0.25) is 0 Å². The molecule has 66 valence electrons. The van der Waals surface area contributed by atoms with E-state index < -0.39 is 12.2 Å². The smallest absolute Gasteiger partial charge is 0.105 e. The van der Waals surface area contributed by atoms with E-state index in [0.717, 1.165) is 10.0 Å². The lowest BCUT2D eigenvalue weighted by atomic mass is 10.1. The van der Waals surface area contributed by atoms with Gasteiger partial charge in [-0.1, -0.05) is 28.1 Å². The Morgan fingerprint density at radius 2 is 1.67 bits per heavy atom. The maximum atomic E-state index is 9.42. The number of aliphatic hydroxyl groups excluding tert-OH is 2. The predicted octanol–water partition coefficient (Wildman–Crippen LogP) is 1.86. The minimum Gasteiger partial charge on any atom is -0.390 e. The Morgan fingerprint density at radius 1 is 1.17 bits per heavy atom. The van der Waals surface area contributed by atoms with Crippen LogP contribution in [0.4, 0.5) is 0 Å². The van der Waals surface area contributed by atoms with Gasteiger partial charge >= 0.3 is 0 Å². The molecule has 0 saturated heterocycles. The van der Waals surface area contributed by atoms with Crippen molar-refractivity contribution >= 4 is 15.9 Å². The van der Waals surface area contributed by atoms with Crippen LogP contribution in [0.25, 0.3) is 0 Å². The molecule has 0 heterocycles. The highest BCUT2D eigenvalue weighted by Crippen LogP contribution is 2.18. The third-order valence-corrected chi connectivity index (χ3v) is 2.20. The van der Waals surface area contributed by atoms with Gasteiger partial charge in [-0.25, -0.2) is 0 Å². The van der Waals surface area contributed by atoms with Crippen molar-refractivity contribution in [3.8, 4) is 0 Å². The summed E-state index contributed by atoms with van der Waals surface area (Å²) in [4.78, 5) is 0. The van der Waals surface area contributed by atoms with E-state index >= 15 is 0 Å². The minimum atomic E-state index is -0.793. The van der Waals surface area contributed by atoms with Crippen molar-refractivity contribution in [3.63, 3.8) is 0 Å². The van der Waals surface area contributed by atoms with Crippen molar-refractivity contribution in [2.24, 2.45) is 0 Å². The Bertz CT molecular complexity index is 243. The minimum absolute atomic E-state index is 0.730. The molecule has 2 unspecified atom stereocenters. The zero-order valence-corrected chi connectivity index (χ0v) is 8.32. The molecule has 1 aromatic carbocycles. The predicted molar refractivity (Wildman–Crippen MR) is 50.8 cm³/mol. The molecule has 1 aromatic rings. The van der Waals surface area contributed by atoms with Gasteiger partial charge in [-0.15, -0.1) is 0 Å². The number of hydrogen-bond acceptors (Lipinski definition) is 2. The van der Waals surface area contributed by atoms with Crippen LogP contribution in [0.3, 0.4) is 0 Å². The molecule has 0 bridgehead atoms. The molecular weight excluding hydrogens is 220 g/mol. The molecule has 0 aliphatic carbocycles. The molecule has 1 rings (SSSR count). The van der Waals surface area contributed by atoms with Gasteiger partial charge in [0.2, 0.25) is 0 Å². The van der Waals surface area contributed by atoms with Crippen molar-refractivity contribution in [2.75, 3.05) is 0 Å². The van der Waals surface area contributed by atoms with Crippen molar-refractivity contribution in [1.82, 2.24) is 0 Å². The van der Waals surface area contributed by atoms with Crippen LogP contribution in [0, 0.1) is 0 Å². The van der Waals surface area contributed by atoms with Crippen molar-refractivity contribution < 1.29 is 10.2 Å². The SMILES string of the molecule is CC(O)C(O)c1ccc(Br)cc1. The van der Waals surface area contributed by atoms with Crippen LogP contribution in [0.1, 0.15) is 18.6 Å². The molecule has 0 radical (unpaired) electrons. The third-order valence-electron chi connectivity index (χ3n) is 1.67. The maximum Gasteiger partial charge on any atom is 0.105 e. The van der Waals surface area contributed by atoms with Gasteiger partial charge in [0.15, 0.2) is 0 Å². The molecule has 0 spiro atoms. The Hall–Kier alpha value is -0.380. The van der Waals surface area contributed by atoms with Crippen LogP contribution in [0.2, 0.25) is 0 Å². The number of hydrogen-bond donors (Lipinski definition) is 2. The lowest BCUT2D eigenvalue weighted by molar-refractivity contribution is 0.0305. The Morgan fingerprint density at radius 3 is 2.08 bits per heavy atom. The Balaban J connectivity index is 2.82. The quantitative estimate of drug-likeness (QED) is 0.815. The Kier molecular flexibility index (Phi) is 3.26. The lowest BCUT2D eigenvalue weighted by Crippen LogP contribution is -2.13. The van der Waals surface area contributed by atoms with E-state index in [1.54, 1.807) is 19.1 Å². The molecule has 0 fully saturated rings. The number of halogens is 1. The molecule has 12 heavy (non-hydrogen) atoms. The van der Waals surface area contributed by atoms with Gasteiger partial charge in [-0.2, -0.15) is 0 Å². The van der Waals surface area contributed by atoms with E-state index in [0.29, 0.717) is 0 Å². The molecule has 2 nitrogen and oxygen atoms in total. The van der Waals surface area contributed by atoms with Gasteiger partial charge in [-0.05, 0) is 24.6 Å². The van der Waals surface area contributed by atoms with Crippen LogP contribution in [-0.4, -0.2) is 16.3 Å². The summed E-state index contributed by atoms with van der Waals surface area (Å²) in [5, 5.41) is 18.5. The molecule has 0 aliphatic heterocycles. The van der Waals surface area contributed by atoms with Gasteiger partial charge in [0.25, 0.3) is 0 Å². The molecule has 0 aliphatic rings. The summed E-state index contributed by atoms with van der Waals surface area (Å²) in [6, 6.07) is 7.23. The fourth-order valence-electron chi connectivity index (χ4n) is 0.938. The highest BCUT2D eigenvalue weighted by molar-refractivity contribution is 9.10. The summed E-state index contributed by atoms with van der Waals surface area (Å²) in [6.45, 7) is 1.56. The van der Waals surface area contributed by atoms with Gasteiger partial charge in [0.1, 0.15) is 6.10 Å². The Labute approximate surface area is 80.0 Å². The van der Waals surface area contributed by atoms with Crippen molar-refractivity contribution in [1.29, 1.82) is 0 Å². The fraction of sp³-hybridized carbons (Fsp3) is 0.333. The monoisotopic (exact) mass is 230 g/mol. The van der Waals surface area contributed by atoms with Gasteiger partial charge in [0.05, 0.1) is 6.10 Å². The molecule has 0 saturated carbocycles. The van der Waals surface area contributed by atoms with E-state index in [1.165, 1.54) is 0 Å². The van der Waals surface area contributed by atoms with Gasteiger partial charge in [0, 0.05) is 4.47 Å². The third kappa shape index (κ3) is 2.30. The molecule has 3 heteroatoms. The second kappa shape index (κ2) is 4.03. The normalized spacial score (nSPS) is 15.7. The van der Waals surface area contributed by atoms with Crippen LogP contribution in [-0.2, 0) is 0 Å². The maximum absolute atomic E-state index is 9.42. The summed E-state index contributed by atoms with van der Waals surface area (Å²) in [5.74, 6) is 0. The first-order valence-corrected chi connectivity index (χ1v) is 4.52. The zero-order chi connectivity index (χ0) is 9.14. The molecule has 0 aromatic heterocycles. The van der Waals surface area contributed by atoms with Crippen LogP contribution >= 0.6 is 15.9 Å². The topological polar surface area (TPSA) is 40.5 Å². The first-order chi connectivity index (χ1) is 5.61. The lowest BCUT2D eigenvalue weighted by Gasteiger charge is -2.13. The summed E-state index contributed by atoms with van der Waals surface area (Å²) >= 11 is 3.29. The zero-order valence-electron chi connectivity index (χ0n) is 6.74. The number of rotatable bonds is 2. The van der Waals surface area contributed by atoms with Crippen molar-refractivity contribution in [2.45, 2.75) is 19.1 Å². The van der Waals surface area contributed by atoms with E-state index in [9.17, 15) is 5.11 Å². The average molecular weight is 231 g/mol. The highest BCUT2D eigenvalue weighted by atomic mass is 79.9. The van der Waals surface area contributed by atoms with Gasteiger partial charge < -0.3 is 10.2 Å². The highest BCUT2D eigenvalue weighted by Gasteiger charge is 2.12. The van der Waals surface area contributed by atoms with E-state index in [-0.39, 0.29) is 0 Å². The summed E-state index contributed by atoms with van der Waals surface area (Å²) in [5.41, 5.74) is 0.730. The largest absolute Gasteiger partial charge is 0.390 e. The molecule has 0 amide bonds. The second-order valence-corrected chi connectivity index (χ2v) is 3.65. The van der Waals surface area contributed by atoms with E-state index in [4.69, 9.17) is 5.11 Å². The van der Waals surface area contributed by atoms with E-state index in [1.807, 2.05) is 12.1 Å².